The van der Waals surface area contributed by atoms with Crippen molar-refractivity contribution >= 4 is 34.6 Å². The molecule has 4 aromatic rings. The van der Waals surface area contributed by atoms with Crippen LogP contribution in [0.1, 0.15) is 63.0 Å². The van der Waals surface area contributed by atoms with Crippen LogP contribution in [0.3, 0.4) is 0 Å². The van der Waals surface area contributed by atoms with Gasteiger partial charge in [-0.05, 0) is 68.2 Å². The lowest BCUT2D eigenvalue weighted by atomic mass is 9.92. The van der Waals surface area contributed by atoms with E-state index in [-0.39, 0.29) is 54.0 Å². The quantitative estimate of drug-likeness (QED) is 0.0863. The van der Waals surface area contributed by atoms with E-state index in [1.165, 1.54) is 25.3 Å². The number of pyridine rings is 1. The Morgan fingerprint density at radius 1 is 0.926 bits per heavy atom. The van der Waals surface area contributed by atoms with Gasteiger partial charge in [0.2, 0.25) is 6.79 Å². The molecule has 54 heavy (non-hydrogen) atoms. The molecule has 3 atom stereocenters. The molecule has 3 aliphatic rings. The minimum absolute atomic E-state index is 0.0444. The van der Waals surface area contributed by atoms with Gasteiger partial charge < -0.3 is 33.3 Å². The molecule has 3 aromatic carbocycles. The number of ether oxygens (including phenoxy) is 4. The van der Waals surface area contributed by atoms with Gasteiger partial charge in [-0.1, -0.05) is 42.5 Å². The van der Waals surface area contributed by atoms with Crippen LogP contribution in [0.4, 0.5) is 19.3 Å². The summed E-state index contributed by atoms with van der Waals surface area (Å²) in [5.74, 6) is -2.52. The zero-order valence-electron chi connectivity index (χ0n) is 30.3. The first-order chi connectivity index (χ1) is 26.1. The van der Waals surface area contributed by atoms with Crippen molar-refractivity contribution in [2.75, 3.05) is 45.0 Å². The SMILES string of the molecule is COc1c(N2CC3CCCN(C(=O)OCOC(=O)CCCOC(=O)C(C)c4ccc(-c5ccccc5)c(F)c4)C3C2)c(F)cc2c(=O)ccn(C3CC3)c12. The number of aromatic nitrogens is 1. The van der Waals surface area contributed by atoms with E-state index in [0.717, 1.165) is 31.2 Å². The number of hydrogen-bond donors (Lipinski definition) is 0. The Kier molecular flexibility index (Phi) is 10.8. The molecule has 3 fully saturated rings. The highest BCUT2D eigenvalue weighted by Gasteiger charge is 2.43. The van der Waals surface area contributed by atoms with Crippen LogP contribution in [-0.2, 0) is 23.8 Å². The summed E-state index contributed by atoms with van der Waals surface area (Å²) in [6.07, 6.45) is 4.73. The Bertz CT molecular complexity index is 2100. The minimum Gasteiger partial charge on any atom is -0.492 e. The van der Waals surface area contributed by atoms with Gasteiger partial charge in [0, 0.05) is 49.9 Å². The van der Waals surface area contributed by atoms with Gasteiger partial charge in [0.15, 0.2) is 17.0 Å². The number of likely N-dealkylation sites (tertiary alicyclic amines) is 1. The third-order valence-corrected chi connectivity index (χ3v) is 10.7. The molecule has 1 aromatic heterocycles. The molecule has 2 saturated heterocycles. The molecule has 0 radical (unpaired) electrons. The second-order valence-electron chi connectivity index (χ2n) is 14.2. The Morgan fingerprint density at radius 3 is 2.46 bits per heavy atom. The summed E-state index contributed by atoms with van der Waals surface area (Å²) in [6.45, 7) is 2.27. The maximum absolute atomic E-state index is 15.8. The van der Waals surface area contributed by atoms with E-state index < -0.39 is 42.4 Å². The maximum atomic E-state index is 15.8. The Hall–Kier alpha value is -5.46. The number of piperidine rings is 1. The van der Waals surface area contributed by atoms with E-state index in [1.807, 2.05) is 39.8 Å². The number of carbonyl (C=O) groups is 3. The van der Waals surface area contributed by atoms with Gasteiger partial charge in [-0.2, -0.15) is 0 Å². The van der Waals surface area contributed by atoms with Crippen molar-refractivity contribution in [1.29, 1.82) is 0 Å². The highest BCUT2D eigenvalue weighted by molar-refractivity contribution is 5.92. The number of nitrogens with zero attached hydrogens (tertiary/aromatic N) is 3. The van der Waals surface area contributed by atoms with Crippen molar-refractivity contribution in [3.05, 3.63) is 94.3 Å². The number of amides is 1. The van der Waals surface area contributed by atoms with Crippen LogP contribution < -0.4 is 15.1 Å². The molecule has 2 aliphatic heterocycles. The molecule has 0 N–H and O–H groups in total. The molecule has 1 saturated carbocycles. The number of carbonyl (C=O) groups excluding carboxylic acids is 3. The largest absolute Gasteiger partial charge is 0.492 e. The number of fused-ring (bicyclic) bond motifs is 2. The fraction of sp³-hybridized carbons (Fsp3) is 0.415. The van der Waals surface area contributed by atoms with Crippen LogP contribution in [0.15, 0.2) is 71.7 Å². The summed E-state index contributed by atoms with van der Waals surface area (Å²) in [6, 6.07) is 16.5. The number of benzene rings is 3. The number of methoxy groups -OCH3 is 1. The van der Waals surface area contributed by atoms with Crippen LogP contribution in [0, 0.1) is 17.6 Å². The summed E-state index contributed by atoms with van der Waals surface area (Å²) >= 11 is 0. The van der Waals surface area contributed by atoms with Crippen LogP contribution in [-0.4, -0.2) is 73.7 Å². The standard InChI is InChI=1S/C41H43F2N3O8/c1-25(27-12-15-30(32(42)20-27)26-8-4-3-5-9-26)40(49)52-19-7-11-36(48)53-24-54-41(50)46-17-6-10-28-22-44(23-34(28)46)38-33(43)21-31-35(47)16-18-45(29-13-14-29)37(31)39(38)51-2/h3-5,8-9,12,15-16,18,20-21,25,28-29,34H,6-7,10-11,13-14,17,19,22-24H2,1-2H3. The molecule has 7 rings (SSSR count). The van der Waals surface area contributed by atoms with Gasteiger partial charge in [-0.15, -0.1) is 0 Å². The van der Waals surface area contributed by atoms with Gasteiger partial charge in [-0.3, -0.25) is 14.4 Å². The molecule has 1 aliphatic carbocycles. The van der Waals surface area contributed by atoms with Crippen LogP contribution >= 0.6 is 0 Å². The summed E-state index contributed by atoms with van der Waals surface area (Å²) in [4.78, 5) is 54.4. The summed E-state index contributed by atoms with van der Waals surface area (Å²) in [7, 11) is 1.48. The highest BCUT2D eigenvalue weighted by atomic mass is 19.1. The van der Waals surface area contributed by atoms with Gasteiger partial charge in [0.25, 0.3) is 0 Å². The van der Waals surface area contributed by atoms with Gasteiger partial charge >= 0.3 is 18.0 Å². The third kappa shape index (κ3) is 7.62. The Balaban J connectivity index is 0.880. The maximum Gasteiger partial charge on any atom is 0.412 e. The number of hydrogen-bond acceptors (Lipinski definition) is 9. The summed E-state index contributed by atoms with van der Waals surface area (Å²) in [5, 5.41) is 0.272. The summed E-state index contributed by atoms with van der Waals surface area (Å²) < 4.78 is 54.2. The van der Waals surface area contributed by atoms with E-state index in [1.54, 1.807) is 30.2 Å². The van der Waals surface area contributed by atoms with Crippen molar-refractivity contribution in [3.8, 4) is 16.9 Å². The fourth-order valence-electron chi connectivity index (χ4n) is 7.70. The lowest BCUT2D eigenvalue weighted by molar-refractivity contribution is -0.154. The molecule has 3 unspecified atom stereocenters. The Morgan fingerprint density at radius 2 is 1.72 bits per heavy atom. The number of rotatable bonds is 12. The van der Waals surface area contributed by atoms with E-state index in [4.69, 9.17) is 18.9 Å². The predicted molar refractivity (Wildman–Crippen MR) is 196 cm³/mol. The first-order valence-electron chi connectivity index (χ1n) is 18.4. The van der Waals surface area contributed by atoms with Gasteiger partial charge in [0.05, 0.1) is 36.6 Å². The molecular weight excluding hydrogens is 700 g/mol. The average Bonchev–Trinajstić information content (AvgIpc) is 3.93. The lowest BCUT2D eigenvalue weighted by Gasteiger charge is -2.35. The van der Waals surface area contributed by atoms with E-state index >= 15 is 4.39 Å². The molecule has 0 spiro atoms. The zero-order valence-corrected chi connectivity index (χ0v) is 30.3. The molecule has 0 bridgehead atoms. The fourth-order valence-corrected chi connectivity index (χ4v) is 7.70. The van der Waals surface area contributed by atoms with Gasteiger partial charge in [0.1, 0.15) is 11.5 Å². The predicted octanol–water partition coefficient (Wildman–Crippen LogP) is 6.96. The highest BCUT2D eigenvalue weighted by Crippen LogP contribution is 2.45. The number of anilines is 1. The number of halogens is 2. The zero-order chi connectivity index (χ0) is 37.9. The van der Waals surface area contributed by atoms with Crippen molar-refractivity contribution < 1.29 is 42.1 Å². The van der Waals surface area contributed by atoms with Crippen LogP contribution in [0.5, 0.6) is 5.75 Å². The Labute approximate surface area is 311 Å². The van der Waals surface area contributed by atoms with E-state index in [9.17, 15) is 23.6 Å². The lowest BCUT2D eigenvalue weighted by Crippen LogP contribution is -2.48. The molecule has 284 valence electrons. The normalized spacial score (nSPS) is 18.6. The first kappa shape index (κ1) is 36.9. The van der Waals surface area contributed by atoms with E-state index in [0.29, 0.717) is 42.0 Å². The molecule has 13 heteroatoms. The monoisotopic (exact) mass is 743 g/mol. The third-order valence-electron chi connectivity index (χ3n) is 10.7. The van der Waals surface area contributed by atoms with Crippen molar-refractivity contribution in [3.63, 3.8) is 0 Å². The molecule has 3 heterocycles. The van der Waals surface area contributed by atoms with Gasteiger partial charge in [-0.25, -0.2) is 13.6 Å². The van der Waals surface area contributed by atoms with Crippen molar-refractivity contribution in [1.82, 2.24) is 9.47 Å². The number of esters is 2. The van der Waals surface area contributed by atoms with Crippen molar-refractivity contribution in [2.45, 2.75) is 63.5 Å². The van der Waals surface area contributed by atoms with Crippen LogP contribution in [0.2, 0.25) is 0 Å². The van der Waals surface area contributed by atoms with E-state index in [2.05, 4.69) is 0 Å². The molecule has 1 amide bonds. The molecule has 11 nitrogen and oxygen atoms in total. The smallest absolute Gasteiger partial charge is 0.412 e. The van der Waals surface area contributed by atoms with Crippen LogP contribution in [0.25, 0.3) is 22.0 Å². The average molecular weight is 744 g/mol. The van der Waals surface area contributed by atoms with Crippen molar-refractivity contribution in [2.24, 2.45) is 5.92 Å². The topological polar surface area (TPSA) is 117 Å². The second kappa shape index (κ2) is 15.9. The minimum atomic E-state index is -0.711. The first-order valence-corrected chi connectivity index (χ1v) is 18.4. The molecular formula is C41H43F2N3O8. The second-order valence-corrected chi connectivity index (χ2v) is 14.2. The summed E-state index contributed by atoms with van der Waals surface area (Å²) in [5.41, 5.74) is 2.22.